The van der Waals surface area contributed by atoms with Crippen LogP contribution in [0, 0.1) is 23.7 Å². The maximum Gasteiger partial charge on any atom is 0.0713 e. The van der Waals surface area contributed by atoms with Crippen molar-refractivity contribution >= 4 is 0 Å². The van der Waals surface area contributed by atoms with Crippen molar-refractivity contribution in [2.45, 2.75) is 26.4 Å². The standard InChI is InChI=1S/C27H24O4/c1-31-19-27-13-23(12-26(15-27)18-30)9-7-21-4-2-20(3-5-21)6-8-22-10-24(16-28)14-25(11-22)17-29/h2-5,10-15,28-30H,16-19H2,1H3. The summed E-state index contributed by atoms with van der Waals surface area (Å²) in [5.41, 5.74) is 6.49. The lowest BCUT2D eigenvalue weighted by Crippen LogP contribution is -1.93. The molecule has 3 aromatic rings. The number of benzene rings is 3. The van der Waals surface area contributed by atoms with Gasteiger partial charge in [0.05, 0.1) is 26.4 Å². The Balaban J connectivity index is 1.77. The van der Waals surface area contributed by atoms with Gasteiger partial charge < -0.3 is 20.1 Å². The summed E-state index contributed by atoms with van der Waals surface area (Å²) in [7, 11) is 1.64. The van der Waals surface area contributed by atoms with Crippen molar-refractivity contribution in [2.24, 2.45) is 0 Å². The van der Waals surface area contributed by atoms with Gasteiger partial charge in [0.15, 0.2) is 0 Å². The van der Waals surface area contributed by atoms with Crippen LogP contribution in [-0.2, 0) is 31.2 Å². The monoisotopic (exact) mass is 412 g/mol. The van der Waals surface area contributed by atoms with Crippen molar-refractivity contribution < 1.29 is 20.1 Å². The summed E-state index contributed by atoms with van der Waals surface area (Å²) in [6.07, 6.45) is 0. The predicted molar refractivity (Wildman–Crippen MR) is 120 cm³/mol. The molecule has 0 aliphatic heterocycles. The van der Waals surface area contributed by atoms with Crippen LogP contribution in [-0.4, -0.2) is 22.4 Å². The Bertz CT molecular complexity index is 1130. The summed E-state index contributed by atoms with van der Waals surface area (Å²) in [4.78, 5) is 0. The van der Waals surface area contributed by atoms with Crippen LogP contribution >= 0.6 is 0 Å². The third-order valence-corrected chi connectivity index (χ3v) is 4.55. The number of aliphatic hydroxyl groups excluding tert-OH is 3. The van der Waals surface area contributed by atoms with Crippen LogP contribution in [0.1, 0.15) is 44.5 Å². The molecule has 0 radical (unpaired) electrons. The zero-order valence-corrected chi connectivity index (χ0v) is 17.4. The summed E-state index contributed by atoms with van der Waals surface area (Å²) in [6.45, 7) is 0.242. The fraction of sp³-hybridized carbons (Fsp3) is 0.185. The molecular weight excluding hydrogens is 388 g/mol. The molecule has 0 amide bonds. The Morgan fingerprint density at radius 3 is 1.29 bits per heavy atom. The molecule has 0 fully saturated rings. The molecule has 0 spiro atoms. The molecule has 0 aromatic heterocycles. The Kier molecular flexibility index (Phi) is 8.01. The highest BCUT2D eigenvalue weighted by Crippen LogP contribution is 2.12. The summed E-state index contributed by atoms with van der Waals surface area (Å²) in [5.74, 6) is 12.4. The second-order valence-electron chi connectivity index (χ2n) is 7.06. The van der Waals surface area contributed by atoms with Gasteiger partial charge in [-0.1, -0.05) is 35.8 Å². The average molecular weight is 412 g/mol. The smallest absolute Gasteiger partial charge is 0.0713 e. The normalized spacial score (nSPS) is 10.1. The number of methoxy groups -OCH3 is 1. The molecule has 0 unspecified atom stereocenters. The maximum atomic E-state index is 9.44. The number of hydrogen-bond donors (Lipinski definition) is 3. The molecule has 0 heterocycles. The molecule has 0 saturated carbocycles. The van der Waals surface area contributed by atoms with E-state index in [2.05, 4.69) is 23.7 Å². The van der Waals surface area contributed by atoms with E-state index >= 15 is 0 Å². The zero-order chi connectivity index (χ0) is 22.1. The lowest BCUT2D eigenvalue weighted by molar-refractivity contribution is 0.184. The van der Waals surface area contributed by atoms with Crippen LogP contribution < -0.4 is 0 Å². The van der Waals surface area contributed by atoms with Crippen LogP contribution in [0.5, 0.6) is 0 Å². The van der Waals surface area contributed by atoms with Gasteiger partial charge in [-0.3, -0.25) is 0 Å². The molecule has 3 aromatic carbocycles. The highest BCUT2D eigenvalue weighted by Gasteiger charge is 2.00. The largest absolute Gasteiger partial charge is 0.392 e. The van der Waals surface area contributed by atoms with Crippen molar-refractivity contribution in [3.63, 3.8) is 0 Å². The SMILES string of the molecule is COCc1cc(C#Cc2ccc(C#Cc3cc(CO)cc(CO)c3)cc2)cc(CO)c1. The second-order valence-corrected chi connectivity index (χ2v) is 7.06. The first kappa shape index (κ1) is 22.3. The molecule has 0 atom stereocenters. The van der Waals surface area contributed by atoms with Crippen molar-refractivity contribution in [2.75, 3.05) is 7.11 Å². The molecule has 0 saturated heterocycles. The van der Waals surface area contributed by atoms with Crippen LogP contribution in [0.4, 0.5) is 0 Å². The summed E-state index contributed by atoms with van der Waals surface area (Å²) >= 11 is 0. The predicted octanol–water partition coefficient (Wildman–Crippen LogP) is 3.11. The van der Waals surface area contributed by atoms with E-state index in [0.29, 0.717) is 6.61 Å². The van der Waals surface area contributed by atoms with Crippen molar-refractivity contribution in [3.05, 3.63) is 105 Å². The Labute approximate surface area is 182 Å². The minimum atomic E-state index is -0.0932. The number of ether oxygens (including phenoxy) is 1. The molecule has 3 rings (SSSR count). The van der Waals surface area contributed by atoms with E-state index in [9.17, 15) is 15.3 Å². The van der Waals surface area contributed by atoms with Crippen molar-refractivity contribution in [1.29, 1.82) is 0 Å². The van der Waals surface area contributed by atoms with E-state index in [1.165, 1.54) is 0 Å². The van der Waals surface area contributed by atoms with E-state index in [4.69, 9.17) is 4.74 Å². The summed E-state index contributed by atoms with van der Waals surface area (Å²) in [6, 6.07) is 18.7. The first-order valence-corrected chi connectivity index (χ1v) is 9.85. The number of rotatable bonds is 5. The van der Waals surface area contributed by atoms with Crippen LogP contribution in [0.15, 0.2) is 60.7 Å². The van der Waals surface area contributed by atoms with Gasteiger partial charge in [-0.25, -0.2) is 0 Å². The van der Waals surface area contributed by atoms with E-state index in [-0.39, 0.29) is 19.8 Å². The van der Waals surface area contributed by atoms with E-state index in [1.54, 1.807) is 13.2 Å². The first-order valence-electron chi connectivity index (χ1n) is 9.85. The van der Waals surface area contributed by atoms with Gasteiger partial charge in [0.2, 0.25) is 0 Å². The van der Waals surface area contributed by atoms with Crippen LogP contribution in [0.3, 0.4) is 0 Å². The van der Waals surface area contributed by atoms with Gasteiger partial charge >= 0.3 is 0 Å². The van der Waals surface area contributed by atoms with Gasteiger partial charge in [-0.05, 0) is 70.8 Å². The minimum absolute atomic E-state index is 0.0411. The Morgan fingerprint density at radius 2 is 0.903 bits per heavy atom. The fourth-order valence-electron chi connectivity index (χ4n) is 3.12. The lowest BCUT2D eigenvalue weighted by Gasteiger charge is -2.04. The highest BCUT2D eigenvalue weighted by atomic mass is 16.5. The number of hydrogen-bond acceptors (Lipinski definition) is 4. The highest BCUT2D eigenvalue weighted by molar-refractivity contribution is 5.49. The third-order valence-electron chi connectivity index (χ3n) is 4.55. The second kappa shape index (κ2) is 11.1. The maximum absolute atomic E-state index is 9.44. The van der Waals surface area contributed by atoms with Crippen LogP contribution in [0.2, 0.25) is 0 Å². The average Bonchev–Trinajstić information content (AvgIpc) is 2.81. The molecule has 31 heavy (non-hydrogen) atoms. The van der Waals surface area contributed by atoms with Gasteiger partial charge in [-0.15, -0.1) is 0 Å². The van der Waals surface area contributed by atoms with Gasteiger partial charge in [0.1, 0.15) is 0 Å². The Hall–Kier alpha value is -3.38. The molecule has 0 aliphatic rings. The van der Waals surface area contributed by atoms with Crippen molar-refractivity contribution in [3.8, 4) is 23.7 Å². The third kappa shape index (κ3) is 6.55. The van der Waals surface area contributed by atoms with Gasteiger partial charge in [0.25, 0.3) is 0 Å². The number of aliphatic hydroxyl groups is 3. The topological polar surface area (TPSA) is 69.9 Å². The Morgan fingerprint density at radius 1 is 0.548 bits per heavy atom. The lowest BCUT2D eigenvalue weighted by atomic mass is 10.1. The summed E-state index contributed by atoms with van der Waals surface area (Å²) < 4.78 is 5.17. The van der Waals surface area contributed by atoms with E-state index in [0.717, 1.165) is 44.5 Å². The first-order chi connectivity index (χ1) is 15.1. The molecule has 4 heteroatoms. The van der Waals surface area contributed by atoms with Crippen LogP contribution in [0.25, 0.3) is 0 Å². The van der Waals surface area contributed by atoms with E-state index in [1.807, 2.05) is 54.6 Å². The quantitative estimate of drug-likeness (QED) is 0.564. The molecule has 4 nitrogen and oxygen atoms in total. The molecular formula is C27H24O4. The van der Waals surface area contributed by atoms with Gasteiger partial charge in [-0.2, -0.15) is 0 Å². The molecule has 156 valence electrons. The molecule has 3 N–H and O–H groups in total. The molecule has 0 bridgehead atoms. The zero-order valence-electron chi connectivity index (χ0n) is 17.4. The fourth-order valence-corrected chi connectivity index (χ4v) is 3.12. The van der Waals surface area contributed by atoms with E-state index < -0.39 is 0 Å². The van der Waals surface area contributed by atoms with Crippen molar-refractivity contribution in [1.82, 2.24) is 0 Å². The summed E-state index contributed by atoms with van der Waals surface area (Å²) in [5, 5.41) is 28.1. The molecule has 0 aliphatic carbocycles. The van der Waals surface area contributed by atoms with Gasteiger partial charge in [0, 0.05) is 29.4 Å². The minimum Gasteiger partial charge on any atom is -0.392 e.